The van der Waals surface area contributed by atoms with E-state index in [4.69, 9.17) is 18.9 Å². The number of carbonyl (C=O) groups is 2. The molecular formula is C22H28N2O6S. The average Bonchev–Trinajstić information content (AvgIpc) is 3.08. The van der Waals surface area contributed by atoms with Crippen LogP contribution in [-0.2, 0) is 19.1 Å². The molecular weight excluding hydrogens is 420 g/mol. The highest BCUT2D eigenvalue weighted by atomic mass is 32.2. The zero-order valence-electron chi connectivity index (χ0n) is 18.5. The van der Waals surface area contributed by atoms with Gasteiger partial charge in [0.15, 0.2) is 16.7 Å². The number of amidine groups is 1. The third kappa shape index (κ3) is 4.57. The van der Waals surface area contributed by atoms with E-state index in [-0.39, 0.29) is 24.4 Å². The van der Waals surface area contributed by atoms with Gasteiger partial charge in [-0.15, -0.1) is 0 Å². The van der Waals surface area contributed by atoms with E-state index in [1.807, 2.05) is 19.9 Å². The Morgan fingerprint density at radius 2 is 1.97 bits per heavy atom. The zero-order chi connectivity index (χ0) is 22.5. The van der Waals surface area contributed by atoms with Crippen LogP contribution < -0.4 is 9.47 Å². The Morgan fingerprint density at radius 3 is 2.61 bits per heavy atom. The fourth-order valence-corrected chi connectivity index (χ4v) is 4.72. The number of nitrogens with zero attached hydrogens (tertiary/aromatic N) is 2. The summed E-state index contributed by atoms with van der Waals surface area (Å²) in [5.74, 6) is 0.531. The van der Waals surface area contributed by atoms with Crippen LogP contribution in [0.5, 0.6) is 11.5 Å². The molecule has 0 N–H and O–H groups in total. The molecule has 0 aromatic heterocycles. The molecule has 0 radical (unpaired) electrons. The van der Waals surface area contributed by atoms with Crippen LogP contribution in [0.25, 0.3) is 0 Å². The summed E-state index contributed by atoms with van der Waals surface area (Å²) in [6.07, 6.45) is 0.672. The van der Waals surface area contributed by atoms with Gasteiger partial charge in [0, 0.05) is 7.11 Å². The molecule has 3 rings (SSSR count). The van der Waals surface area contributed by atoms with Crippen LogP contribution in [0.4, 0.5) is 0 Å². The van der Waals surface area contributed by atoms with Crippen molar-refractivity contribution in [2.45, 2.75) is 38.5 Å². The van der Waals surface area contributed by atoms with E-state index in [0.717, 1.165) is 5.56 Å². The van der Waals surface area contributed by atoms with Gasteiger partial charge in [-0.1, -0.05) is 24.8 Å². The van der Waals surface area contributed by atoms with Crippen molar-refractivity contribution in [2.24, 2.45) is 4.99 Å². The Bertz CT molecular complexity index is 913. The van der Waals surface area contributed by atoms with Crippen molar-refractivity contribution in [2.75, 3.05) is 34.0 Å². The molecule has 168 valence electrons. The summed E-state index contributed by atoms with van der Waals surface area (Å²) in [5, 5.41) is 0.364. The fraction of sp³-hybridized carbons (Fsp3) is 0.500. The van der Waals surface area contributed by atoms with Gasteiger partial charge in [0.2, 0.25) is 5.91 Å². The summed E-state index contributed by atoms with van der Waals surface area (Å²) >= 11 is 1.43. The van der Waals surface area contributed by atoms with Crippen LogP contribution in [0.3, 0.4) is 0 Å². The molecule has 2 unspecified atom stereocenters. The second kappa shape index (κ2) is 10.2. The second-order valence-electron chi connectivity index (χ2n) is 6.99. The quantitative estimate of drug-likeness (QED) is 0.423. The van der Waals surface area contributed by atoms with Crippen molar-refractivity contribution in [1.29, 1.82) is 0 Å². The van der Waals surface area contributed by atoms with E-state index in [0.29, 0.717) is 41.0 Å². The van der Waals surface area contributed by atoms with Gasteiger partial charge in [-0.25, -0.2) is 9.79 Å². The van der Waals surface area contributed by atoms with Gasteiger partial charge < -0.3 is 18.9 Å². The van der Waals surface area contributed by atoms with Crippen LogP contribution in [0, 0.1) is 0 Å². The summed E-state index contributed by atoms with van der Waals surface area (Å²) < 4.78 is 21.5. The molecule has 1 fully saturated rings. The molecule has 0 aliphatic carbocycles. The van der Waals surface area contributed by atoms with Crippen LogP contribution >= 0.6 is 11.8 Å². The third-order valence-corrected chi connectivity index (χ3v) is 6.38. The second-order valence-corrected chi connectivity index (χ2v) is 8.16. The maximum atomic E-state index is 13.2. The van der Waals surface area contributed by atoms with Crippen molar-refractivity contribution < 1.29 is 28.5 Å². The maximum absolute atomic E-state index is 13.2. The number of carbonyl (C=O) groups excluding carboxylic acids is 2. The van der Waals surface area contributed by atoms with E-state index < -0.39 is 12.0 Å². The summed E-state index contributed by atoms with van der Waals surface area (Å²) in [6.45, 7) is 6.50. The highest BCUT2D eigenvalue weighted by molar-refractivity contribution is 8.15. The summed E-state index contributed by atoms with van der Waals surface area (Å²) in [7, 11) is 3.09. The molecule has 2 atom stereocenters. The third-order valence-electron chi connectivity index (χ3n) is 5.07. The lowest BCUT2D eigenvalue weighted by Crippen LogP contribution is -2.41. The largest absolute Gasteiger partial charge is 0.493 e. The minimum Gasteiger partial charge on any atom is -0.493 e. The van der Waals surface area contributed by atoms with Gasteiger partial charge >= 0.3 is 5.97 Å². The molecule has 1 aromatic carbocycles. The number of methoxy groups -OCH3 is 2. The molecule has 9 heteroatoms. The lowest BCUT2D eigenvalue weighted by molar-refractivity contribution is -0.141. The van der Waals surface area contributed by atoms with Gasteiger partial charge in [0.1, 0.15) is 6.61 Å². The van der Waals surface area contributed by atoms with Crippen molar-refractivity contribution >= 4 is 28.8 Å². The molecule has 1 aromatic rings. The molecule has 0 saturated carbocycles. The number of hydrogen-bond donors (Lipinski definition) is 0. The SMILES string of the molecule is CCOc1ccc(C2C(C(=O)OCCOC)=C(C)N=C3SC(CC)C(=O)N32)cc1OC. The number of aliphatic imine (C=N–C) groups is 1. The molecule has 2 aliphatic heterocycles. The van der Waals surface area contributed by atoms with Crippen LogP contribution in [0.15, 0.2) is 34.5 Å². The molecule has 2 heterocycles. The minimum atomic E-state index is -0.663. The fourth-order valence-electron chi connectivity index (χ4n) is 3.59. The first-order chi connectivity index (χ1) is 15.0. The Kier molecular flexibility index (Phi) is 7.61. The van der Waals surface area contributed by atoms with Gasteiger partial charge in [-0.2, -0.15) is 0 Å². The molecule has 0 bridgehead atoms. The van der Waals surface area contributed by atoms with E-state index in [9.17, 15) is 9.59 Å². The number of ether oxygens (including phenoxy) is 4. The average molecular weight is 449 g/mol. The topological polar surface area (TPSA) is 86.7 Å². The summed E-state index contributed by atoms with van der Waals surface area (Å²) in [5.41, 5.74) is 1.58. The number of allylic oxidation sites excluding steroid dienone is 1. The van der Waals surface area contributed by atoms with Crippen molar-refractivity contribution in [3.8, 4) is 11.5 Å². The van der Waals surface area contributed by atoms with E-state index in [1.165, 1.54) is 18.9 Å². The Morgan fingerprint density at radius 1 is 1.19 bits per heavy atom. The maximum Gasteiger partial charge on any atom is 0.338 e. The standard InChI is InChI=1S/C22H28N2O6S/c1-6-17-20(25)24-19(14-8-9-15(29-7-2)16(12-14)28-5)18(13(3)23-22(24)31-17)21(26)30-11-10-27-4/h8-9,12,17,19H,6-7,10-11H2,1-5H3. The smallest absolute Gasteiger partial charge is 0.338 e. The van der Waals surface area contributed by atoms with Crippen LogP contribution in [0.2, 0.25) is 0 Å². The number of thioether (sulfide) groups is 1. The van der Waals surface area contributed by atoms with Crippen LogP contribution in [-0.4, -0.2) is 61.2 Å². The number of fused-ring (bicyclic) bond motifs is 1. The Balaban J connectivity index is 2.08. The lowest BCUT2D eigenvalue weighted by Gasteiger charge is -2.33. The van der Waals surface area contributed by atoms with Gasteiger partial charge in [0.25, 0.3) is 0 Å². The van der Waals surface area contributed by atoms with Crippen molar-refractivity contribution in [1.82, 2.24) is 4.90 Å². The molecule has 2 aliphatic rings. The normalized spacial score (nSPS) is 20.5. The molecule has 1 amide bonds. The predicted molar refractivity (Wildman–Crippen MR) is 118 cm³/mol. The minimum absolute atomic E-state index is 0.0706. The Labute approximate surface area is 186 Å². The molecule has 8 nitrogen and oxygen atoms in total. The zero-order valence-corrected chi connectivity index (χ0v) is 19.3. The first-order valence-electron chi connectivity index (χ1n) is 10.2. The van der Waals surface area contributed by atoms with E-state index in [2.05, 4.69) is 4.99 Å². The molecule has 31 heavy (non-hydrogen) atoms. The molecule has 1 saturated heterocycles. The lowest BCUT2D eigenvalue weighted by atomic mass is 9.94. The van der Waals surface area contributed by atoms with Gasteiger partial charge in [-0.3, -0.25) is 9.69 Å². The van der Waals surface area contributed by atoms with Crippen molar-refractivity contribution in [3.63, 3.8) is 0 Å². The Hall–Kier alpha value is -2.52. The summed E-state index contributed by atoms with van der Waals surface area (Å²) in [4.78, 5) is 32.4. The highest BCUT2D eigenvalue weighted by Gasteiger charge is 2.47. The van der Waals surface area contributed by atoms with Gasteiger partial charge in [0.05, 0.1) is 42.9 Å². The highest BCUT2D eigenvalue weighted by Crippen LogP contribution is 2.45. The first kappa shape index (κ1) is 23.1. The van der Waals surface area contributed by atoms with Gasteiger partial charge in [-0.05, 0) is 38.0 Å². The monoisotopic (exact) mass is 448 g/mol. The van der Waals surface area contributed by atoms with Crippen LogP contribution in [0.1, 0.15) is 38.8 Å². The number of hydrogen-bond acceptors (Lipinski definition) is 8. The number of rotatable bonds is 9. The number of esters is 1. The number of benzene rings is 1. The van der Waals surface area contributed by atoms with Crippen molar-refractivity contribution in [3.05, 3.63) is 35.0 Å². The number of amides is 1. The van der Waals surface area contributed by atoms with E-state index >= 15 is 0 Å². The van der Waals surface area contributed by atoms with E-state index in [1.54, 1.807) is 31.1 Å². The first-order valence-corrected chi connectivity index (χ1v) is 11.1. The summed E-state index contributed by atoms with van der Waals surface area (Å²) in [6, 6.07) is 4.76. The predicted octanol–water partition coefficient (Wildman–Crippen LogP) is 3.32. The molecule has 0 spiro atoms.